The molecule has 0 radical (unpaired) electrons. The number of benzene rings is 1. The maximum absolute atomic E-state index is 5.57. The summed E-state index contributed by atoms with van der Waals surface area (Å²) in [7, 11) is 0. The number of rotatable bonds is 2. The van der Waals surface area contributed by atoms with E-state index in [0.29, 0.717) is 13.1 Å². The molecule has 2 nitrogen and oxygen atoms in total. The van der Waals surface area contributed by atoms with Crippen LogP contribution in [0.4, 0.5) is 0 Å². The normalized spacial score (nSPS) is 15.0. The quantitative estimate of drug-likeness (QED) is 0.519. The summed E-state index contributed by atoms with van der Waals surface area (Å²) in [6.07, 6.45) is 5.30. The number of nitrogens with zero attached hydrogens (tertiary/aromatic N) is 1. The van der Waals surface area contributed by atoms with E-state index in [1.807, 2.05) is 34.9 Å². The van der Waals surface area contributed by atoms with Crippen LogP contribution in [-0.2, 0) is 4.74 Å². The van der Waals surface area contributed by atoms with Gasteiger partial charge >= 0.3 is 5.90 Å². The van der Waals surface area contributed by atoms with E-state index in [1.54, 1.807) is 0 Å². The zero-order valence-electron chi connectivity index (χ0n) is 8.44. The molecule has 1 aliphatic heterocycles. The predicted molar refractivity (Wildman–Crippen MR) is 59.6 cm³/mol. The van der Waals surface area contributed by atoms with E-state index in [2.05, 4.69) is 12.5 Å². The van der Waals surface area contributed by atoms with Gasteiger partial charge in [-0.15, -0.1) is 6.42 Å². The monoisotopic (exact) mass is 198 g/mol. The van der Waals surface area contributed by atoms with Crippen molar-refractivity contribution in [1.29, 1.82) is 0 Å². The average Bonchev–Trinajstić information content (AvgIpc) is 2.62. The lowest BCUT2D eigenvalue weighted by Crippen LogP contribution is -2.17. The summed E-state index contributed by atoms with van der Waals surface area (Å²) in [5.74, 6) is 4.16. The highest BCUT2D eigenvalue weighted by Gasteiger charge is 2.27. The van der Waals surface area contributed by atoms with Gasteiger partial charge in [0.1, 0.15) is 0 Å². The fourth-order valence-electron chi connectivity index (χ4n) is 1.58. The van der Waals surface area contributed by atoms with E-state index in [-0.39, 0.29) is 0 Å². The second kappa shape index (κ2) is 4.02. The summed E-state index contributed by atoms with van der Waals surface area (Å²) in [5.41, 5.74) is 1.03. The van der Waals surface area contributed by atoms with E-state index in [9.17, 15) is 0 Å². The molecule has 0 aromatic heterocycles. The smallest absolute Gasteiger partial charge is 0.376 e. The van der Waals surface area contributed by atoms with Gasteiger partial charge in [-0.1, -0.05) is 24.8 Å². The van der Waals surface area contributed by atoms with Crippen molar-refractivity contribution in [3.8, 4) is 12.3 Å². The summed E-state index contributed by atoms with van der Waals surface area (Å²) in [6.45, 7) is 5.03. The summed E-state index contributed by atoms with van der Waals surface area (Å²) < 4.78 is 7.56. The number of ether oxygens (including phenoxy) is 1. The molecule has 0 amide bonds. The third kappa shape index (κ3) is 1.92. The largest absolute Gasteiger partial charge is 0.403 e. The van der Waals surface area contributed by atoms with E-state index in [0.717, 1.165) is 17.2 Å². The Kier molecular flexibility index (Phi) is 2.55. The minimum absolute atomic E-state index is 0.545. The van der Waals surface area contributed by atoms with Crippen molar-refractivity contribution >= 4 is 5.90 Å². The third-order valence-corrected chi connectivity index (χ3v) is 2.20. The van der Waals surface area contributed by atoms with Crippen molar-refractivity contribution in [3.63, 3.8) is 0 Å². The Balaban J connectivity index is 2.38. The van der Waals surface area contributed by atoms with Crippen LogP contribution in [0.15, 0.2) is 42.7 Å². The van der Waals surface area contributed by atoms with Gasteiger partial charge < -0.3 is 4.74 Å². The molecule has 0 saturated carbocycles. The van der Waals surface area contributed by atoms with E-state index < -0.39 is 0 Å². The van der Waals surface area contributed by atoms with Gasteiger partial charge in [-0.25, -0.2) is 0 Å². The molecule has 1 aromatic carbocycles. The fourth-order valence-corrected chi connectivity index (χ4v) is 1.58. The molecule has 0 saturated heterocycles. The molecule has 1 aliphatic rings. The first-order valence-electron chi connectivity index (χ1n) is 4.77. The van der Waals surface area contributed by atoms with Crippen LogP contribution >= 0.6 is 0 Å². The Morgan fingerprint density at radius 1 is 1.40 bits per heavy atom. The van der Waals surface area contributed by atoms with Gasteiger partial charge in [0, 0.05) is 0 Å². The van der Waals surface area contributed by atoms with Crippen LogP contribution in [0.3, 0.4) is 0 Å². The topological polar surface area (TPSA) is 12.2 Å². The minimum atomic E-state index is 0.545. The van der Waals surface area contributed by atoms with E-state index in [1.165, 1.54) is 0 Å². The SMILES string of the molecule is C#CC[N+]1=C(c2ccccc2)OC(=C)C1. The molecule has 1 aromatic rings. The highest BCUT2D eigenvalue weighted by molar-refractivity contribution is 5.91. The molecule has 0 spiro atoms. The molecule has 0 N–H and O–H groups in total. The van der Waals surface area contributed by atoms with E-state index >= 15 is 0 Å². The standard InChI is InChI=1S/C13H12NO/c1-3-9-14-10-11(2)15-13(14)12-7-5-4-6-8-12/h1,4-8H,2,9-10H2/q+1. The lowest BCUT2D eigenvalue weighted by atomic mass is 10.2. The summed E-state index contributed by atoms with van der Waals surface area (Å²) in [4.78, 5) is 0. The molecule has 15 heavy (non-hydrogen) atoms. The average molecular weight is 198 g/mol. The van der Waals surface area contributed by atoms with Crippen molar-refractivity contribution < 1.29 is 9.31 Å². The molecule has 1 heterocycles. The van der Waals surface area contributed by atoms with Gasteiger partial charge in [-0.2, -0.15) is 4.58 Å². The van der Waals surface area contributed by atoms with Crippen LogP contribution in [0.25, 0.3) is 0 Å². The molecular weight excluding hydrogens is 186 g/mol. The molecule has 0 unspecified atom stereocenters. The minimum Gasteiger partial charge on any atom is -0.403 e. The van der Waals surface area contributed by atoms with Gasteiger partial charge in [0.2, 0.25) is 13.1 Å². The molecule has 2 rings (SSSR count). The Morgan fingerprint density at radius 3 is 2.80 bits per heavy atom. The number of hydrogen-bond acceptors (Lipinski definition) is 1. The Labute approximate surface area is 89.5 Å². The van der Waals surface area contributed by atoms with Gasteiger partial charge in [-0.3, -0.25) is 0 Å². The first-order valence-corrected chi connectivity index (χ1v) is 4.77. The second-order valence-corrected chi connectivity index (χ2v) is 3.37. The molecule has 0 fully saturated rings. The Hall–Kier alpha value is -2.01. The molecular formula is C13H12NO+. The molecule has 2 heteroatoms. The van der Waals surface area contributed by atoms with Crippen molar-refractivity contribution in [2.45, 2.75) is 0 Å². The van der Waals surface area contributed by atoms with Crippen molar-refractivity contribution in [1.82, 2.24) is 0 Å². The van der Waals surface area contributed by atoms with Crippen LogP contribution in [0.5, 0.6) is 0 Å². The van der Waals surface area contributed by atoms with Crippen LogP contribution in [0.1, 0.15) is 5.56 Å². The molecule has 0 bridgehead atoms. The van der Waals surface area contributed by atoms with Gasteiger partial charge in [0.25, 0.3) is 0 Å². The highest BCUT2D eigenvalue weighted by Crippen LogP contribution is 2.12. The second-order valence-electron chi connectivity index (χ2n) is 3.37. The molecule has 0 atom stereocenters. The molecule has 0 aliphatic carbocycles. The summed E-state index contributed by atoms with van der Waals surface area (Å²) >= 11 is 0. The van der Waals surface area contributed by atoms with Gasteiger partial charge in [-0.05, 0) is 18.1 Å². The zero-order valence-corrected chi connectivity index (χ0v) is 8.44. The Bertz CT molecular complexity index is 451. The number of hydrogen-bond donors (Lipinski definition) is 0. The van der Waals surface area contributed by atoms with Crippen LogP contribution in [-0.4, -0.2) is 23.6 Å². The first kappa shape index (κ1) is 9.54. The third-order valence-electron chi connectivity index (χ3n) is 2.20. The summed E-state index contributed by atoms with van der Waals surface area (Å²) in [6, 6.07) is 9.91. The van der Waals surface area contributed by atoms with Crippen molar-refractivity contribution in [2.24, 2.45) is 0 Å². The summed E-state index contributed by atoms with van der Waals surface area (Å²) in [5, 5.41) is 0. The van der Waals surface area contributed by atoms with Gasteiger partial charge in [0.15, 0.2) is 5.76 Å². The number of terminal acetylenes is 1. The van der Waals surface area contributed by atoms with E-state index in [4.69, 9.17) is 11.2 Å². The van der Waals surface area contributed by atoms with Crippen molar-refractivity contribution in [3.05, 3.63) is 48.2 Å². The maximum Gasteiger partial charge on any atom is 0.376 e. The van der Waals surface area contributed by atoms with Crippen LogP contribution in [0, 0.1) is 12.3 Å². The lowest BCUT2D eigenvalue weighted by molar-refractivity contribution is -0.501. The zero-order chi connectivity index (χ0) is 10.7. The first-order chi connectivity index (χ1) is 7.31. The Morgan fingerprint density at radius 2 is 2.13 bits per heavy atom. The molecule has 74 valence electrons. The van der Waals surface area contributed by atoms with Crippen molar-refractivity contribution in [2.75, 3.05) is 13.1 Å². The van der Waals surface area contributed by atoms with Crippen LogP contribution in [0.2, 0.25) is 0 Å². The fraction of sp³-hybridized carbons (Fsp3) is 0.154. The maximum atomic E-state index is 5.57. The van der Waals surface area contributed by atoms with Gasteiger partial charge in [0.05, 0.1) is 5.56 Å². The highest BCUT2D eigenvalue weighted by atomic mass is 16.5. The lowest BCUT2D eigenvalue weighted by Gasteiger charge is -1.97. The van der Waals surface area contributed by atoms with Crippen LogP contribution < -0.4 is 0 Å². The predicted octanol–water partition coefficient (Wildman–Crippen LogP) is 1.62.